The molecule has 2 N–H and O–H groups in total. The summed E-state index contributed by atoms with van der Waals surface area (Å²) in [6, 6.07) is 13.9. The number of anilines is 2. The van der Waals surface area contributed by atoms with E-state index in [1.54, 1.807) is 59.9 Å². The van der Waals surface area contributed by atoms with E-state index in [-0.39, 0.29) is 11.8 Å². The number of nitrogens with zero attached hydrogens (tertiary/aromatic N) is 1. The summed E-state index contributed by atoms with van der Waals surface area (Å²) in [7, 11) is 0. The van der Waals surface area contributed by atoms with Crippen LogP contribution in [0.5, 0.6) is 5.75 Å². The summed E-state index contributed by atoms with van der Waals surface area (Å²) in [5, 5.41) is 8.39. The van der Waals surface area contributed by atoms with E-state index < -0.39 is 0 Å². The summed E-state index contributed by atoms with van der Waals surface area (Å²) in [5.74, 6) is 0.322. The van der Waals surface area contributed by atoms with Gasteiger partial charge < -0.3 is 15.4 Å². The zero-order valence-corrected chi connectivity index (χ0v) is 15.8. The number of benzene rings is 2. The first kappa shape index (κ1) is 18.6. The number of carbonyl (C=O) groups is 2. The Kier molecular flexibility index (Phi) is 5.83. The van der Waals surface area contributed by atoms with Crippen molar-refractivity contribution in [1.82, 2.24) is 4.98 Å². The molecule has 3 aromatic rings. The molecular formula is C20H19N3O3S. The predicted molar refractivity (Wildman–Crippen MR) is 106 cm³/mol. The first-order valence-electron chi connectivity index (χ1n) is 8.32. The molecule has 3 rings (SSSR count). The third-order valence-corrected chi connectivity index (χ3v) is 4.55. The quantitative estimate of drug-likeness (QED) is 0.669. The van der Waals surface area contributed by atoms with Gasteiger partial charge in [-0.2, -0.15) is 0 Å². The molecule has 138 valence electrons. The van der Waals surface area contributed by atoms with Gasteiger partial charge in [0.2, 0.25) is 5.91 Å². The van der Waals surface area contributed by atoms with E-state index in [1.165, 1.54) is 6.92 Å². The summed E-state index contributed by atoms with van der Waals surface area (Å²) in [5.41, 5.74) is 2.83. The summed E-state index contributed by atoms with van der Waals surface area (Å²) < 4.78 is 5.68. The van der Waals surface area contributed by atoms with E-state index in [9.17, 15) is 9.59 Å². The van der Waals surface area contributed by atoms with Gasteiger partial charge in [0, 0.05) is 34.9 Å². The largest absolute Gasteiger partial charge is 0.486 e. The zero-order chi connectivity index (χ0) is 19.2. The molecular weight excluding hydrogens is 362 g/mol. The van der Waals surface area contributed by atoms with Crippen LogP contribution in [-0.4, -0.2) is 16.8 Å². The Hall–Kier alpha value is -3.19. The SMILES string of the molecule is CC(=O)Nc1ccc(NC(=O)c2ccc(OCc3nc(C)cs3)cc2)cc1. The number of aryl methyl sites for hydroxylation is 1. The standard InChI is InChI=1S/C20H19N3O3S/c1-13-12-27-19(21-13)11-26-18-9-3-15(4-10-18)20(25)23-17-7-5-16(6-8-17)22-14(2)24/h3-10,12H,11H2,1-2H3,(H,22,24)(H,23,25). The number of carbonyl (C=O) groups excluding carboxylic acids is 2. The highest BCUT2D eigenvalue weighted by atomic mass is 32.1. The van der Waals surface area contributed by atoms with Crippen LogP contribution in [0.15, 0.2) is 53.9 Å². The van der Waals surface area contributed by atoms with Crippen LogP contribution in [-0.2, 0) is 11.4 Å². The van der Waals surface area contributed by atoms with Gasteiger partial charge in [0.15, 0.2) is 0 Å². The van der Waals surface area contributed by atoms with Crippen molar-refractivity contribution >= 4 is 34.5 Å². The lowest BCUT2D eigenvalue weighted by atomic mass is 10.2. The minimum absolute atomic E-state index is 0.140. The van der Waals surface area contributed by atoms with Gasteiger partial charge in [-0.15, -0.1) is 11.3 Å². The van der Waals surface area contributed by atoms with Crippen LogP contribution in [0.25, 0.3) is 0 Å². The van der Waals surface area contributed by atoms with Crippen molar-refractivity contribution in [2.24, 2.45) is 0 Å². The molecule has 6 nitrogen and oxygen atoms in total. The summed E-state index contributed by atoms with van der Waals surface area (Å²) >= 11 is 1.56. The van der Waals surface area contributed by atoms with Crippen LogP contribution in [0.4, 0.5) is 11.4 Å². The van der Waals surface area contributed by atoms with Gasteiger partial charge >= 0.3 is 0 Å². The van der Waals surface area contributed by atoms with Crippen molar-refractivity contribution < 1.29 is 14.3 Å². The fourth-order valence-electron chi connectivity index (χ4n) is 2.36. The van der Waals surface area contributed by atoms with Gasteiger partial charge in [0.05, 0.1) is 0 Å². The monoisotopic (exact) mass is 381 g/mol. The van der Waals surface area contributed by atoms with Crippen molar-refractivity contribution in [1.29, 1.82) is 0 Å². The number of ether oxygens (including phenoxy) is 1. The van der Waals surface area contributed by atoms with E-state index in [1.807, 2.05) is 12.3 Å². The first-order valence-corrected chi connectivity index (χ1v) is 9.20. The molecule has 0 aliphatic heterocycles. The van der Waals surface area contributed by atoms with E-state index in [4.69, 9.17) is 4.74 Å². The molecule has 0 aliphatic rings. The molecule has 7 heteroatoms. The molecule has 1 heterocycles. The third kappa shape index (κ3) is 5.39. The molecule has 0 spiro atoms. The molecule has 2 aromatic carbocycles. The number of amides is 2. The maximum absolute atomic E-state index is 12.3. The van der Waals surface area contributed by atoms with E-state index in [0.29, 0.717) is 29.3 Å². The highest BCUT2D eigenvalue weighted by Crippen LogP contribution is 2.18. The molecule has 27 heavy (non-hydrogen) atoms. The highest BCUT2D eigenvalue weighted by Gasteiger charge is 2.07. The van der Waals surface area contributed by atoms with E-state index in [0.717, 1.165) is 10.7 Å². The maximum atomic E-state index is 12.3. The van der Waals surface area contributed by atoms with Crippen molar-refractivity contribution in [2.75, 3.05) is 10.6 Å². The van der Waals surface area contributed by atoms with E-state index in [2.05, 4.69) is 15.6 Å². The maximum Gasteiger partial charge on any atom is 0.255 e. The molecule has 0 atom stereocenters. The summed E-state index contributed by atoms with van der Waals surface area (Å²) in [4.78, 5) is 27.7. The minimum atomic E-state index is -0.218. The Balaban J connectivity index is 1.56. The molecule has 0 aliphatic carbocycles. The topological polar surface area (TPSA) is 80.3 Å². The highest BCUT2D eigenvalue weighted by molar-refractivity contribution is 7.09. The number of hydrogen-bond acceptors (Lipinski definition) is 5. The van der Waals surface area contributed by atoms with Crippen LogP contribution in [0.2, 0.25) is 0 Å². The lowest BCUT2D eigenvalue weighted by molar-refractivity contribution is -0.114. The molecule has 0 fully saturated rings. The normalized spacial score (nSPS) is 10.3. The summed E-state index contributed by atoms with van der Waals surface area (Å²) in [6.07, 6.45) is 0. The lowest BCUT2D eigenvalue weighted by Crippen LogP contribution is -2.12. The van der Waals surface area contributed by atoms with Crippen molar-refractivity contribution in [2.45, 2.75) is 20.5 Å². The first-order chi connectivity index (χ1) is 13.0. The molecule has 0 radical (unpaired) electrons. The second-order valence-electron chi connectivity index (χ2n) is 5.91. The Bertz CT molecular complexity index is 934. The molecule has 0 saturated carbocycles. The predicted octanol–water partition coefficient (Wildman–Crippen LogP) is 4.24. The van der Waals surface area contributed by atoms with Crippen molar-refractivity contribution in [3.05, 3.63) is 70.2 Å². The zero-order valence-electron chi connectivity index (χ0n) is 15.0. The molecule has 2 amide bonds. The lowest BCUT2D eigenvalue weighted by Gasteiger charge is -2.08. The van der Waals surface area contributed by atoms with Gasteiger partial charge in [-0.05, 0) is 55.5 Å². The molecule has 0 saturated heterocycles. The third-order valence-electron chi connectivity index (χ3n) is 3.61. The average Bonchev–Trinajstić information content (AvgIpc) is 3.07. The van der Waals surface area contributed by atoms with Crippen molar-refractivity contribution in [3.63, 3.8) is 0 Å². The number of thiazole rings is 1. The van der Waals surface area contributed by atoms with Crippen LogP contribution >= 0.6 is 11.3 Å². The number of nitrogens with one attached hydrogen (secondary N) is 2. The second kappa shape index (κ2) is 8.46. The van der Waals surface area contributed by atoms with Gasteiger partial charge in [0.25, 0.3) is 5.91 Å². The van der Waals surface area contributed by atoms with Crippen LogP contribution in [0.3, 0.4) is 0 Å². The second-order valence-corrected chi connectivity index (χ2v) is 6.85. The van der Waals surface area contributed by atoms with Gasteiger partial charge in [-0.1, -0.05) is 0 Å². The fraction of sp³-hybridized carbons (Fsp3) is 0.150. The molecule has 0 unspecified atom stereocenters. The molecule has 0 bridgehead atoms. The Labute approximate surface area is 161 Å². The van der Waals surface area contributed by atoms with E-state index >= 15 is 0 Å². The van der Waals surface area contributed by atoms with Crippen molar-refractivity contribution in [3.8, 4) is 5.75 Å². The van der Waals surface area contributed by atoms with Crippen LogP contribution in [0.1, 0.15) is 28.0 Å². The Morgan fingerprint density at radius 3 is 2.19 bits per heavy atom. The van der Waals surface area contributed by atoms with Crippen LogP contribution < -0.4 is 15.4 Å². The Morgan fingerprint density at radius 1 is 1.00 bits per heavy atom. The Morgan fingerprint density at radius 2 is 1.63 bits per heavy atom. The fourth-order valence-corrected chi connectivity index (χ4v) is 3.04. The molecule has 1 aromatic heterocycles. The van der Waals surface area contributed by atoms with Gasteiger partial charge in [-0.25, -0.2) is 4.98 Å². The average molecular weight is 381 g/mol. The number of aromatic nitrogens is 1. The number of hydrogen-bond donors (Lipinski definition) is 2. The van der Waals surface area contributed by atoms with Gasteiger partial charge in [-0.3, -0.25) is 9.59 Å². The van der Waals surface area contributed by atoms with Gasteiger partial charge in [0.1, 0.15) is 17.4 Å². The number of rotatable bonds is 6. The smallest absolute Gasteiger partial charge is 0.255 e. The summed E-state index contributed by atoms with van der Waals surface area (Å²) in [6.45, 7) is 3.80. The minimum Gasteiger partial charge on any atom is -0.486 e. The van der Waals surface area contributed by atoms with Crippen LogP contribution in [0, 0.1) is 6.92 Å².